The van der Waals surface area contributed by atoms with Gasteiger partial charge in [-0.15, -0.1) is 0 Å². The van der Waals surface area contributed by atoms with Crippen LogP contribution in [0.3, 0.4) is 0 Å². The van der Waals surface area contributed by atoms with Crippen LogP contribution in [0.4, 0.5) is 5.69 Å². The zero-order valence-corrected chi connectivity index (χ0v) is 8.12. The van der Waals surface area contributed by atoms with E-state index >= 15 is 0 Å². The molecule has 0 saturated carbocycles. The Kier molecular flexibility index (Phi) is 3.38. The van der Waals surface area contributed by atoms with Crippen LogP contribution in [0, 0.1) is 6.92 Å². The quantitative estimate of drug-likeness (QED) is 0.647. The van der Waals surface area contributed by atoms with Crippen molar-refractivity contribution in [1.82, 2.24) is 4.98 Å². The van der Waals surface area contributed by atoms with E-state index in [0.717, 1.165) is 17.8 Å². The van der Waals surface area contributed by atoms with E-state index in [9.17, 15) is 0 Å². The number of aryl methyl sites for hydroxylation is 2. The van der Waals surface area contributed by atoms with Crippen molar-refractivity contribution in [3.63, 3.8) is 0 Å². The summed E-state index contributed by atoms with van der Waals surface area (Å²) in [7, 11) is 0. The number of hydrogen-bond donors (Lipinski definition) is 0. The maximum absolute atomic E-state index is 4.25. The minimum atomic E-state index is 0.930. The van der Waals surface area contributed by atoms with Crippen molar-refractivity contribution in [3.8, 4) is 0 Å². The second-order valence-corrected chi connectivity index (χ2v) is 2.82. The van der Waals surface area contributed by atoms with Crippen LogP contribution in [0.25, 0.3) is 0 Å². The largest absolute Gasteiger partial charge is 0.259 e. The van der Waals surface area contributed by atoms with Gasteiger partial charge >= 0.3 is 0 Å². The van der Waals surface area contributed by atoms with Crippen LogP contribution < -0.4 is 0 Å². The van der Waals surface area contributed by atoms with E-state index in [1.54, 1.807) is 12.3 Å². The minimum Gasteiger partial charge on any atom is -0.259 e. The van der Waals surface area contributed by atoms with Crippen molar-refractivity contribution in [3.05, 3.63) is 36.2 Å². The molecule has 68 valence electrons. The van der Waals surface area contributed by atoms with Gasteiger partial charge < -0.3 is 0 Å². The first-order valence-electron chi connectivity index (χ1n) is 4.38. The lowest BCUT2D eigenvalue weighted by Gasteiger charge is -2.01. The highest BCUT2D eigenvalue weighted by atomic mass is 14.8. The van der Waals surface area contributed by atoms with Crippen LogP contribution in [0.15, 0.2) is 29.9 Å². The van der Waals surface area contributed by atoms with Gasteiger partial charge in [0, 0.05) is 12.4 Å². The summed E-state index contributed by atoms with van der Waals surface area (Å²) in [4.78, 5) is 8.48. The molecule has 1 heterocycles. The van der Waals surface area contributed by atoms with Crippen molar-refractivity contribution in [2.24, 2.45) is 4.99 Å². The molecule has 0 atom stereocenters. The predicted octanol–water partition coefficient (Wildman–Crippen LogP) is 2.84. The number of pyridine rings is 1. The first-order chi connectivity index (χ1) is 6.27. The van der Waals surface area contributed by atoms with E-state index in [1.165, 1.54) is 5.56 Å². The van der Waals surface area contributed by atoms with Crippen molar-refractivity contribution >= 4 is 11.9 Å². The monoisotopic (exact) mass is 174 g/mol. The number of hydrogen-bond acceptors (Lipinski definition) is 2. The van der Waals surface area contributed by atoms with E-state index in [0.29, 0.717) is 0 Å². The van der Waals surface area contributed by atoms with E-state index in [-0.39, 0.29) is 0 Å². The van der Waals surface area contributed by atoms with Crippen LogP contribution in [-0.2, 0) is 6.42 Å². The topological polar surface area (TPSA) is 25.2 Å². The van der Waals surface area contributed by atoms with Crippen molar-refractivity contribution in [1.29, 1.82) is 0 Å². The Hall–Kier alpha value is -1.44. The van der Waals surface area contributed by atoms with Crippen LogP contribution in [0.5, 0.6) is 0 Å². The summed E-state index contributed by atoms with van der Waals surface area (Å²) in [5, 5.41) is 0. The second-order valence-electron chi connectivity index (χ2n) is 2.82. The zero-order chi connectivity index (χ0) is 9.68. The summed E-state index contributed by atoms with van der Waals surface area (Å²) in [6, 6.07) is 2.06. The molecular formula is C11H14N2. The second kappa shape index (κ2) is 4.55. The van der Waals surface area contributed by atoms with Gasteiger partial charge in [-0.3, -0.25) is 9.98 Å². The third-order valence-electron chi connectivity index (χ3n) is 1.84. The van der Waals surface area contributed by atoms with E-state index in [1.807, 2.05) is 13.1 Å². The highest BCUT2D eigenvalue weighted by Crippen LogP contribution is 2.17. The van der Waals surface area contributed by atoms with Gasteiger partial charge in [0.25, 0.3) is 0 Å². The summed E-state index contributed by atoms with van der Waals surface area (Å²) in [6.07, 6.45) is 6.23. The molecule has 1 aromatic heterocycles. The normalized spacial score (nSPS) is 10.6. The summed E-state index contributed by atoms with van der Waals surface area (Å²) < 4.78 is 0. The molecule has 0 amide bonds. The molecule has 2 heteroatoms. The standard InChI is InChI=1S/C11H14N2/c1-4-6-12-11-7-10(5-2)8-13-9(11)3/h4,6-8H,1,5H2,2-3H3. The van der Waals surface area contributed by atoms with Gasteiger partial charge in [-0.05, 0) is 25.0 Å². The maximum Gasteiger partial charge on any atom is 0.0844 e. The maximum atomic E-state index is 4.25. The third kappa shape index (κ3) is 2.51. The lowest BCUT2D eigenvalue weighted by atomic mass is 10.2. The Morgan fingerprint density at radius 3 is 3.00 bits per heavy atom. The molecule has 2 nitrogen and oxygen atoms in total. The van der Waals surface area contributed by atoms with Gasteiger partial charge in [0.1, 0.15) is 0 Å². The lowest BCUT2D eigenvalue weighted by Crippen LogP contribution is -1.86. The molecule has 0 aliphatic carbocycles. The van der Waals surface area contributed by atoms with Gasteiger partial charge in [0.15, 0.2) is 0 Å². The average molecular weight is 174 g/mol. The summed E-state index contributed by atoms with van der Waals surface area (Å²) in [5.74, 6) is 0. The van der Waals surface area contributed by atoms with Crippen LogP contribution in [-0.4, -0.2) is 11.2 Å². The Bertz CT molecular complexity index is 327. The highest BCUT2D eigenvalue weighted by molar-refractivity contribution is 5.74. The van der Waals surface area contributed by atoms with Crippen LogP contribution in [0.1, 0.15) is 18.2 Å². The van der Waals surface area contributed by atoms with Gasteiger partial charge in [-0.2, -0.15) is 0 Å². The van der Waals surface area contributed by atoms with Crippen molar-refractivity contribution in [2.75, 3.05) is 0 Å². The smallest absolute Gasteiger partial charge is 0.0844 e. The summed E-state index contributed by atoms with van der Waals surface area (Å²) in [6.45, 7) is 7.64. The summed E-state index contributed by atoms with van der Waals surface area (Å²) >= 11 is 0. The van der Waals surface area contributed by atoms with E-state index in [2.05, 4.69) is 29.5 Å². The Morgan fingerprint density at radius 2 is 2.38 bits per heavy atom. The van der Waals surface area contributed by atoms with Crippen molar-refractivity contribution < 1.29 is 0 Å². The number of aromatic nitrogens is 1. The molecule has 1 aromatic rings. The molecule has 0 N–H and O–H groups in total. The van der Waals surface area contributed by atoms with Gasteiger partial charge in [-0.25, -0.2) is 0 Å². The van der Waals surface area contributed by atoms with Gasteiger partial charge in [0.2, 0.25) is 0 Å². The molecule has 13 heavy (non-hydrogen) atoms. The van der Waals surface area contributed by atoms with Gasteiger partial charge in [-0.1, -0.05) is 19.6 Å². The fourth-order valence-electron chi connectivity index (χ4n) is 1.02. The zero-order valence-electron chi connectivity index (χ0n) is 8.12. The average Bonchev–Trinajstić information content (AvgIpc) is 2.17. The molecule has 0 unspecified atom stereocenters. The molecule has 0 aromatic carbocycles. The SMILES string of the molecule is C=CC=Nc1cc(CC)cnc1C. The molecule has 0 radical (unpaired) electrons. The molecule has 0 aliphatic heterocycles. The molecule has 0 bridgehead atoms. The highest BCUT2D eigenvalue weighted by Gasteiger charge is 1.97. The van der Waals surface area contributed by atoms with Crippen molar-refractivity contribution in [2.45, 2.75) is 20.3 Å². The number of allylic oxidation sites excluding steroid dienone is 1. The first kappa shape index (κ1) is 9.65. The van der Waals surface area contributed by atoms with Crippen LogP contribution >= 0.6 is 0 Å². The molecular weight excluding hydrogens is 160 g/mol. The summed E-state index contributed by atoms with van der Waals surface area (Å²) in [5.41, 5.74) is 3.09. The van der Waals surface area contributed by atoms with Gasteiger partial charge in [0.05, 0.1) is 11.4 Å². The molecule has 0 fully saturated rings. The number of nitrogens with zero attached hydrogens (tertiary/aromatic N) is 2. The Morgan fingerprint density at radius 1 is 1.62 bits per heavy atom. The minimum absolute atomic E-state index is 0.930. The molecule has 0 spiro atoms. The first-order valence-corrected chi connectivity index (χ1v) is 4.38. The van der Waals surface area contributed by atoms with Crippen LogP contribution in [0.2, 0.25) is 0 Å². The number of aliphatic imine (C=N–C) groups is 1. The van der Waals surface area contributed by atoms with E-state index < -0.39 is 0 Å². The molecule has 0 saturated heterocycles. The fourth-order valence-corrected chi connectivity index (χ4v) is 1.02. The number of rotatable bonds is 3. The Balaban J connectivity index is 3.03. The predicted molar refractivity (Wildman–Crippen MR) is 56.7 cm³/mol. The molecule has 1 rings (SSSR count). The third-order valence-corrected chi connectivity index (χ3v) is 1.84. The molecule has 0 aliphatic rings. The fraction of sp³-hybridized carbons (Fsp3) is 0.273. The van der Waals surface area contributed by atoms with E-state index in [4.69, 9.17) is 0 Å². The lowest BCUT2D eigenvalue weighted by molar-refractivity contribution is 1.07. The Labute approximate surface area is 79.0 Å².